The molecule has 0 aromatic carbocycles. The zero-order chi connectivity index (χ0) is 18.1. The molecule has 24 heavy (non-hydrogen) atoms. The number of carboxylic acid groups (broad SMARTS) is 1. The number of aliphatic hydroxyl groups excluding tert-OH is 1. The summed E-state index contributed by atoms with van der Waals surface area (Å²) in [5.74, 6) is -3.42. The van der Waals surface area contributed by atoms with E-state index in [4.69, 9.17) is 4.74 Å². The number of amides is 1. The molecule has 136 valence electrons. The fourth-order valence-corrected chi connectivity index (χ4v) is 3.52. The van der Waals surface area contributed by atoms with Gasteiger partial charge in [0.25, 0.3) is 0 Å². The highest BCUT2D eigenvalue weighted by Gasteiger charge is 2.47. The number of carbonyl (C=O) groups is 3. The van der Waals surface area contributed by atoms with E-state index in [0.29, 0.717) is 0 Å². The molecule has 0 aromatic heterocycles. The number of hydrogen-bond donors (Lipinski definition) is 2. The van der Waals surface area contributed by atoms with Crippen molar-refractivity contribution in [2.24, 2.45) is 11.3 Å². The third-order valence-corrected chi connectivity index (χ3v) is 4.78. The van der Waals surface area contributed by atoms with Crippen LogP contribution in [-0.4, -0.2) is 57.8 Å². The smallest absolute Gasteiger partial charge is 0.326 e. The maximum Gasteiger partial charge on any atom is 0.326 e. The topological polar surface area (TPSA) is 104 Å². The van der Waals surface area contributed by atoms with Crippen molar-refractivity contribution in [1.29, 1.82) is 0 Å². The van der Waals surface area contributed by atoms with Crippen molar-refractivity contribution in [2.75, 3.05) is 6.54 Å². The van der Waals surface area contributed by atoms with Gasteiger partial charge in [-0.25, -0.2) is 4.79 Å². The summed E-state index contributed by atoms with van der Waals surface area (Å²) in [4.78, 5) is 38.0. The fraction of sp³-hybridized carbons (Fsp3) is 0.824. The molecular weight excluding hydrogens is 314 g/mol. The summed E-state index contributed by atoms with van der Waals surface area (Å²) in [6.45, 7) is 5.20. The Morgan fingerprint density at radius 2 is 1.75 bits per heavy atom. The largest absolute Gasteiger partial charge is 0.480 e. The molecule has 1 saturated heterocycles. The molecular formula is C17H27NO6. The second kappa shape index (κ2) is 7.09. The first-order valence-corrected chi connectivity index (χ1v) is 8.53. The van der Waals surface area contributed by atoms with E-state index in [0.717, 1.165) is 30.6 Å². The van der Waals surface area contributed by atoms with Crippen LogP contribution in [0.5, 0.6) is 0 Å². The molecule has 0 radical (unpaired) electrons. The van der Waals surface area contributed by atoms with Gasteiger partial charge in [-0.05, 0) is 31.1 Å². The molecule has 2 N–H and O–H groups in total. The Balaban J connectivity index is 2.18. The minimum Gasteiger partial charge on any atom is -0.480 e. The number of rotatable bonds is 4. The number of likely N-dealkylation sites (tertiary alicyclic amines) is 1. The first-order valence-electron chi connectivity index (χ1n) is 8.53. The van der Waals surface area contributed by atoms with Crippen molar-refractivity contribution in [2.45, 2.75) is 71.1 Å². The summed E-state index contributed by atoms with van der Waals surface area (Å²) in [5.41, 5.74) is -0.705. The number of esters is 1. The summed E-state index contributed by atoms with van der Waals surface area (Å²) in [5, 5.41) is 19.0. The maximum atomic E-state index is 12.9. The van der Waals surface area contributed by atoms with Crippen LogP contribution in [0.1, 0.15) is 52.9 Å². The van der Waals surface area contributed by atoms with Gasteiger partial charge in [0.15, 0.2) is 0 Å². The van der Waals surface area contributed by atoms with Gasteiger partial charge in [-0.3, -0.25) is 9.59 Å². The van der Waals surface area contributed by atoms with Crippen LogP contribution in [0.3, 0.4) is 0 Å². The Morgan fingerprint density at radius 1 is 1.17 bits per heavy atom. The van der Waals surface area contributed by atoms with Crippen molar-refractivity contribution in [3.05, 3.63) is 0 Å². The molecule has 7 heteroatoms. The van der Waals surface area contributed by atoms with Gasteiger partial charge in [0.1, 0.15) is 18.1 Å². The summed E-state index contributed by atoms with van der Waals surface area (Å²) in [6.07, 6.45) is 2.55. The average molecular weight is 341 g/mol. The number of hydrogen-bond acceptors (Lipinski definition) is 5. The van der Waals surface area contributed by atoms with E-state index in [1.165, 1.54) is 0 Å². The van der Waals surface area contributed by atoms with Gasteiger partial charge in [0, 0.05) is 13.0 Å². The quantitative estimate of drug-likeness (QED) is 0.588. The molecule has 1 heterocycles. The summed E-state index contributed by atoms with van der Waals surface area (Å²) < 4.78 is 5.51. The van der Waals surface area contributed by atoms with Crippen molar-refractivity contribution in [1.82, 2.24) is 4.90 Å². The molecule has 1 aliphatic heterocycles. The van der Waals surface area contributed by atoms with Crippen LogP contribution in [0, 0.1) is 11.3 Å². The molecule has 1 saturated carbocycles. The van der Waals surface area contributed by atoms with Crippen molar-refractivity contribution in [3.8, 4) is 0 Å². The zero-order valence-electron chi connectivity index (χ0n) is 14.5. The number of β-amino-alcohol motifs (C(OH)–C–C–N with tert-alkyl or cyclic N) is 1. The third-order valence-electron chi connectivity index (χ3n) is 4.78. The van der Waals surface area contributed by atoms with Gasteiger partial charge in [0.2, 0.25) is 5.91 Å². The second-order valence-corrected chi connectivity index (χ2v) is 7.88. The van der Waals surface area contributed by atoms with E-state index in [9.17, 15) is 24.6 Å². The number of nitrogens with zero attached hydrogens (tertiary/aromatic N) is 1. The van der Waals surface area contributed by atoms with Crippen molar-refractivity contribution < 1.29 is 29.3 Å². The molecule has 0 bridgehead atoms. The Hall–Kier alpha value is -1.63. The highest BCUT2D eigenvalue weighted by atomic mass is 16.5. The lowest BCUT2D eigenvalue weighted by Crippen LogP contribution is -2.50. The van der Waals surface area contributed by atoms with Gasteiger partial charge in [-0.1, -0.05) is 20.8 Å². The van der Waals surface area contributed by atoms with Crippen LogP contribution in [0.15, 0.2) is 0 Å². The number of aliphatic hydroxyl groups is 1. The standard InChI is InChI=1S/C17H27NO6/c1-17(2,3)13(16(23)24-11-6-4-5-7-11)14(20)18-9-10(19)8-12(18)15(21)22/h10-13,19H,4-9H2,1-3H3,(H,21,22)/t10-,12+,13+/m1/s1. The van der Waals surface area contributed by atoms with Crippen LogP contribution in [0.2, 0.25) is 0 Å². The van der Waals surface area contributed by atoms with E-state index in [2.05, 4.69) is 0 Å². The van der Waals surface area contributed by atoms with Crippen LogP contribution in [-0.2, 0) is 19.1 Å². The zero-order valence-corrected chi connectivity index (χ0v) is 14.5. The molecule has 2 rings (SSSR count). The van der Waals surface area contributed by atoms with Gasteiger partial charge in [-0.2, -0.15) is 0 Å². The molecule has 2 aliphatic rings. The lowest BCUT2D eigenvalue weighted by molar-refractivity contribution is -0.167. The van der Waals surface area contributed by atoms with E-state index >= 15 is 0 Å². The highest BCUT2D eigenvalue weighted by Crippen LogP contribution is 2.33. The van der Waals surface area contributed by atoms with E-state index in [1.807, 2.05) is 0 Å². The molecule has 3 atom stereocenters. The molecule has 2 fully saturated rings. The highest BCUT2D eigenvalue weighted by molar-refractivity contribution is 6.00. The van der Waals surface area contributed by atoms with Gasteiger partial charge in [0.05, 0.1) is 6.10 Å². The summed E-state index contributed by atoms with van der Waals surface area (Å²) in [7, 11) is 0. The number of aliphatic carboxylic acids is 1. The van der Waals surface area contributed by atoms with Gasteiger partial charge < -0.3 is 19.8 Å². The molecule has 7 nitrogen and oxygen atoms in total. The third kappa shape index (κ3) is 4.06. The first-order chi connectivity index (χ1) is 11.1. The van der Waals surface area contributed by atoms with Crippen LogP contribution in [0.4, 0.5) is 0 Å². The van der Waals surface area contributed by atoms with Crippen LogP contribution >= 0.6 is 0 Å². The van der Waals surface area contributed by atoms with Crippen LogP contribution < -0.4 is 0 Å². The monoisotopic (exact) mass is 341 g/mol. The molecule has 0 spiro atoms. The Kier molecular flexibility index (Phi) is 5.52. The minimum absolute atomic E-state index is 0.0182. The number of carboxylic acids is 1. The predicted molar refractivity (Wildman–Crippen MR) is 85.1 cm³/mol. The lowest BCUT2D eigenvalue weighted by atomic mass is 9.79. The SMILES string of the molecule is CC(C)(C)[C@H](C(=O)OC1CCCC1)C(=O)N1C[C@H](O)C[C@H]1C(=O)O. The molecule has 1 amide bonds. The Labute approximate surface area is 142 Å². The molecule has 0 aromatic rings. The average Bonchev–Trinajstić information content (AvgIpc) is 3.06. The summed E-state index contributed by atoms with van der Waals surface area (Å²) in [6, 6.07) is -1.10. The van der Waals surface area contributed by atoms with Gasteiger partial charge >= 0.3 is 11.9 Å². The molecule has 1 aliphatic carbocycles. The summed E-state index contributed by atoms with van der Waals surface area (Å²) >= 11 is 0. The number of ether oxygens (including phenoxy) is 1. The van der Waals surface area contributed by atoms with Crippen molar-refractivity contribution in [3.63, 3.8) is 0 Å². The van der Waals surface area contributed by atoms with E-state index < -0.39 is 41.3 Å². The Morgan fingerprint density at radius 3 is 2.25 bits per heavy atom. The van der Waals surface area contributed by atoms with Crippen molar-refractivity contribution >= 4 is 17.8 Å². The second-order valence-electron chi connectivity index (χ2n) is 7.88. The van der Waals surface area contributed by atoms with E-state index in [-0.39, 0.29) is 19.1 Å². The van der Waals surface area contributed by atoms with Gasteiger partial charge in [-0.15, -0.1) is 0 Å². The normalized spacial score (nSPS) is 26.4. The minimum atomic E-state index is -1.17. The lowest BCUT2D eigenvalue weighted by Gasteiger charge is -2.33. The maximum absolute atomic E-state index is 12.9. The first kappa shape index (κ1) is 18.7. The fourth-order valence-electron chi connectivity index (χ4n) is 3.52. The van der Waals surface area contributed by atoms with E-state index in [1.54, 1.807) is 20.8 Å². The Bertz CT molecular complexity index is 506. The predicted octanol–water partition coefficient (Wildman–Crippen LogP) is 1.18. The number of carbonyl (C=O) groups excluding carboxylic acids is 2. The molecule has 0 unspecified atom stereocenters. The van der Waals surface area contributed by atoms with Crippen LogP contribution in [0.25, 0.3) is 0 Å².